The molecule has 0 aliphatic heterocycles. The Bertz CT molecular complexity index is 1340. The summed E-state index contributed by atoms with van der Waals surface area (Å²) in [6.45, 7) is 8.18. The predicted octanol–water partition coefficient (Wildman–Crippen LogP) is 7.79. The highest BCUT2D eigenvalue weighted by molar-refractivity contribution is 9.09. The maximum absolute atomic E-state index is 15.6. The first-order valence-electron chi connectivity index (χ1n) is 13.2. The quantitative estimate of drug-likeness (QED) is 0.136. The van der Waals surface area contributed by atoms with Crippen LogP contribution < -0.4 is 21.2 Å². The zero-order valence-corrected chi connectivity index (χ0v) is 26.1. The summed E-state index contributed by atoms with van der Waals surface area (Å²) < 4.78 is 30.9. The number of hydrogen-bond donors (Lipinski definition) is 0. The summed E-state index contributed by atoms with van der Waals surface area (Å²) in [6.07, 6.45) is 1.92. The van der Waals surface area contributed by atoms with Crippen molar-refractivity contribution in [1.29, 1.82) is 0 Å². The van der Waals surface area contributed by atoms with Gasteiger partial charge in [-0.25, -0.2) is 0 Å². The number of rotatable bonds is 10. The molecule has 0 aliphatic carbocycles. The summed E-state index contributed by atoms with van der Waals surface area (Å²) in [6, 6.07) is 32.3. The van der Waals surface area contributed by atoms with E-state index in [1.54, 1.807) is 0 Å². The topological polar surface area (TPSA) is 34.1 Å². The van der Waals surface area contributed by atoms with E-state index in [0.717, 1.165) is 55.2 Å². The number of halogens is 1. The van der Waals surface area contributed by atoms with Crippen LogP contribution in [0.5, 0.6) is 0 Å². The average Bonchev–Trinajstić information content (AvgIpc) is 2.92. The van der Waals surface area contributed by atoms with E-state index in [-0.39, 0.29) is 5.66 Å². The second-order valence-electron chi connectivity index (χ2n) is 10.4. The van der Waals surface area contributed by atoms with Crippen LogP contribution in [0.15, 0.2) is 97.1 Å². The molecule has 2 nitrogen and oxygen atoms in total. The molecule has 0 heterocycles. The van der Waals surface area contributed by atoms with Crippen LogP contribution in [0.25, 0.3) is 0 Å². The van der Waals surface area contributed by atoms with Crippen molar-refractivity contribution in [3.63, 3.8) is 0 Å². The van der Waals surface area contributed by atoms with Crippen LogP contribution in [0.1, 0.15) is 35.1 Å². The Morgan fingerprint density at radius 3 is 1.18 bits per heavy atom. The molecule has 0 amide bonds. The first-order valence-corrected chi connectivity index (χ1v) is 18.0. The predicted molar refractivity (Wildman–Crippen MR) is 170 cm³/mol. The molecule has 0 fully saturated rings. The largest absolute Gasteiger partial charge is 0.314 e. The van der Waals surface area contributed by atoms with Crippen molar-refractivity contribution in [1.82, 2.24) is 0 Å². The van der Waals surface area contributed by atoms with E-state index < -0.39 is 14.3 Å². The third-order valence-corrected chi connectivity index (χ3v) is 15.1. The molecular weight excluding hydrogens is 570 g/mol. The molecule has 0 spiro atoms. The zero-order chi connectivity index (χ0) is 27.3. The van der Waals surface area contributed by atoms with Gasteiger partial charge < -0.3 is 9.13 Å². The van der Waals surface area contributed by atoms with E-state index in [1.807, 2.05) is 125 Å². The average molecular weight is 608 g/mol. The highest BCUT2D eigenvalue weighted by Gasteiger charge is 2.42. The van der Waals surface area contributed by atoms with Crippen molar-refractivity contribution >= 4 is 51.4 Å². The third kappa shape index (κ3) is 6.17. The molecule has 0 bridgehead atoms. The molecule has 1 unspecified atom stereocenters. The van der Waals surface area contributed by atoms with E-state index in [4.69, 9.17) is 0 Å². The lowest BCUT2D eigenvalue weighted by Crippen LogP contribution is -2.32. The van der Waals surface area contributed by atoms with Gasteiger partial charge in [0, 0.05) is 38.4 Å². The van der Waals surface area contributed by atoms with Gasteiger partial charge in [0.15, 0.2) is 0 Å². The summed E-state index contributed by atoms with van der Waals surface area (Å²) in [5.74, 6) is 0. The van der Waals surface area contributed by atoms with Gasteiger partial charge in [0.1, 0.15) is 14.3 Å². The first-order chi connectivity index (χ1) is 18.2. The molecule has 4 aromatic rings. The fourth-order valence-corrected chi connectivity index (χ4v) is 12.6. The molecule has 0 aliphatic rings. The number of benzene rings is 4. The summed E-state index contributed by atoms with van der Waals surface area (Å²) in [5, 5.41) is 4.15. The molecule has 4 rings (SSSR count). The van der Waals surface area contributed by atoms with Gasteiger partial charge >= 0.3 is 0 Å². The lowest BCUT2D eigenvalue weighted by atomic mass is 10.2. The number of aryl methyl sites for hydroxylation is 4. The van der Waals surface area contributed by atoms with Gasteiger partial charge in [-0.15, -0.1) is 0 Å². The van der Waals surface area contributed by atoms with Gasteiger partial charge in [-0.3, -0.25) is 0 Å². The summed E-state index contributed by atoms with van der Waals surface area (Å²) in [5.41, 5.74) is 4.24. The van der Waals surface area contributed by atoms with E-state index in [0.29, 0.717) is 12.6 Å². The zero-order valence-electron chi connectivity index (χ0n) is 22.7. The van der Waals surface area contributed by atoms with Crippen molar-refractivity contribution in [2.75, 3.05) is 11.5 Å². The van der Waals surface area contributed by atoms with E-state index in [9.17, 15) is 0 Å². The minimum absolute atomic E-state index is 0.279. The van der Waals surface area contributed by atoms with Crippen LogP contribution >= 0.6 is 30.2 Å². The van der Waals surface area contributed by atoms with E-state index >= 15 is 9.13 Å². The molecule has 0 aromatic heterocycles. The van der Waals surface area contributed by atoms with Crippen molar-refractivity contribution in [3.8, 4) is 0 Å². The van der Waals surface area contributed by atoms with Gasteiger partial charge in [0.05, 0.1) is 0 Å². The normalized spacial score (nSPS) is 12.9. The molecule has 38 heavy (non-hydrogen) atoms. The van der Waals surface area contributed by atoms with Gasteiger partial charge in [0.2, 0.25) is 0 Å². The van der Waals surface area contributed by atoms with Crippen molar-refractivity contribution in [2.24, 2.45) is 0 Å². The smallest absolute Gasteiger partial charge is 0.146 e. The lowest BCUT2D eigenvalue weighted by molar-refractivity contribution is 0.568. The van der Waals surface area contributed by atoms with Crippen LogP contribution in [0.4, 0.5) is 0 Å². The Kier molecular flexibility index (Phi) is 9.36. The second kappa shape index (κ2) is 12.3. The van der Waals surface area contributed by atoms with Crippen molar-refractivity contribution in [2.45, 2.75) is 46.2 Å². The van der Waals surface area contributed by atoms with Crippen LogP contribution in [0.2, 0.25) is 0 Å². The van der Waals surface area contributed by atoms with Crippen LogP contribution in [-0.4, -0.2) is 17.2 Å². The fourth-order valence-electron chi connectivity index (χ4n) is 5.03. The molecule has 5 heteroatoms. The molecule has 0 saturated heterocycles. The van der Waals surface area contributed by atoms with Gasteiger partial charge in [-0.1, -0.05) is 135 Å². The maximum atomic E-state index is 15.6. The Morgan fingerprint density at radius 1 is 0.553 bits per heavy atom. The monoisotopic (exact) mass is 606 g/mol. The number of hydrogen-bond acceptors (Lipinski definition) is 2. The molecule has 198 valence electrons. The molecule has 1 atom stereocenters. The SMILES string of the molecule is Cc1ccc(P(=O)(CC(CCCBr)P(=O)(c2ccc(C)cc2)c2ccc(C)cc2)c2ccc(C)cc2)cc1. The third-order valence-electron chi connectivity index (χ3n) is 7.39. The minimum atomic E-state index is -3.15. The van der Waals surface area contributed by atoms with Crippen LogP contribution in [0.3, 0.4) is 0 Å². The summed E-state index contributed by atoms with van der Waals surface area (Å²) in [7, 11) is -6.26. The number of alkyl halides is 1. The molecular formula is C33H37BrO2P2. The standard InChI is InChI=1S/C33H37BrO2P2/c1-25-7-15-29(16-8-25)37(35,30-17-9-26(2)10-18-30)24-33(6-5-23-34)38(36,31-19-11-27(3)12-20-31)32-21-13-28(4)14-22-32/h7-22,33H,5-6,23-24H2,1-4H3. The van der Waals surface area contributed by atoms with E-state index in [2.05, 4.69) is 15.9 Å². The Hall–Kier alpha value is -2.18. The molecule has 0 N–H and O–H groups in total. The second-order valence-corrected chi connectivity index (χ2v) is 17.2. The fraction of sp³-hybridized carbons (Fsp3) is 0.273. The highest BCUT2D eigenvalue weighted by atomic mass is 79.9. The first kappa shape index (κ1) is 28.8. The van der Waals surface area contributed by atoms with E-state index in [1.165, 1.54) is 0 Å². The van der Waals surface area contributed by atoms with Crippen molar-refractivity contribution < 1.29 is 9.13 Å². The van der Waals surface area contributed by atoms with Crippen molar-refractivity contribution in [3.05, 3.63) is 119 Å². The Morgan fingerprint density at radius 2 is 0.868 bits per heavy atom. The van der Waals surface area contributed by atoms with Gasteiger partial charge in [0.25, 0.3) is 0 Å². The van der Waals surface area contributed by atoms with Gasteiger partial charge in [-0.2, -0.15) is 0 Å². The summed E-state index contributed by atoms with van der Waals surface area (Å²) in [4.78, 5) is 0. The summed E-state index contributed by atoms with van der Waals surface area (Å²) >= 11 is 3.60. The van der Waals surface area contributed by atoms with Crippen LogP contribution in [-0.2, 0) is 9.13 Å². The molecule has 0 radical (unpaired) electrons. The highest BCUT2D eigenvalue weighted by Crippen LogP contribution is 2.57. The Balaban J connectivity index is 1.93. The van der Waals surface area contributed by atoms with Crippen LogP contribution in [0, 0.1) is 27.7 Å². The minimum Gasteiger partial charge on any atom is -0.314 e. The lowest BCUT2D eigenvalue weighted by Gasteiger charge is -2.32. The molecule has 0 saturated carbocycles. The molecule has 4 aromatic carbocycles. The Labute approximate surface area is 236 Å². The maximum Gasteiger partial charge on any atom is 0.146 e. The van der Waals surface area contributed by atoms with Gasteiger partial charge in [-0.05, 0) is 40.5 Å².